The van der Waals surface area contributed by atoms with Gasteiger partial charge in [-0.25, -0.2) is 4.98 Å². The molecule has 0 saturated heterocycles. The van der Waals surface area contributed by atoms with Crippen molar-refractivity contribution in [3.8, 4) is 5.75 Å². The van der Waals surface area contributed by atoms with Crippen molar-refractivity contribution in [1.29, 1.82) is 0 Å². The summed E-state index contributed by atoms with van der Waals surface area (Å²) in [6, 6.07) is 6.76. The maximum absolute atomic E-state index is 12.9. The highest BCUT2D eigenvalue weighted by Crippen LogP contribution is 2.24. The quantitative estimate of drug-likeness (QED) is 0.665. The Labute approximate surface area is 167 Å². The predicted molar refractivity (Wildman–Crippen MR) is 111 cm³/mol. The molecule has 0 spiro atoms. The standard InChI is InChI=1S/C20H24N4O3S/c1-11(2)17(19(26)23-20-21-10-12(3)28-20)22-18(25)16-9-13-8-14(27-5)6-7-15(13)24(16)4/h6-11,17H,1-5H3,(H,22,25)(H,21,23,26). The minimum atomic E-state index is -0.677. The molecule has 0 aliphatic carbocycles. The van der Waals surface area contributed by atoms with Gasteiger partial charge >= 0.3 is 0 Å². The van der Waals surface area contributed by atoms with Gasteiger partial charge < -0.3 is 19.9 Å². The maximum atomic E-state index is 12.9. The zero-order valence-electron chi connectivity index (χ0n) is 16.6. The first-order valence-electron chi connectivity index (χ1n) is 8.97. The lowest BCUT2D eigenvalue weighted by molar-refractivity contribution is -0.118. The number of aryl methyl sites for hydroxylation is 2. The predicted octanol–water partition coefficient (Wildman–Crippen LogP) is 3.34. The lowest BCUT2D eigenvalue weighted by Gasteiger charge is -2.21. The van der Waals surface area contributed by atoms with Crippen LogP contribution in [0.25, 0.3) is 10.9 Å². The van der Waals surface area contributed by atoms with E-state index in [9.17, 15) is 9.59 Å². The average Bonchev–Trinajstić information content (AvgIpc) is 3.21. The van der Waals surface area contributed by atoms with E-state index in [2.05, 4.69) is 15.6 Å². The van der Waals surface area contributed by atoms with Crippen LogP contribution in [0.2, 0.25) is 0 Å². The molecule has 0 aliphatic heterocycles. The Bertz CT molecular complexity index is 1020. The van der Waals surface area contributed by atoms with Gasteiger partial charge in [0.1, 0.15) is 17.5 Å². The Morgan fingerprint density at radius 3 is 2.61 bits per heavy atom. The lowest BCUT2D eigenvalue weighted by atomic mass is 10.0. The van der Waals surface area contributed by atoms with E-state index in [1.807, 2.05) is 50.6 Å². The van der Waals surface area contributed by atoms with Crippen molar-refractivity contribution in [3.05, 3.63) is 41.0 Å². The number of ether oxygens (including phenoxy) is 1. The van der Waals surface area contributed by atoms with Gasteiger partial charge in [-0.1, -0.05) is 13.8 Å². The summed E-state index contributed by atoms with van der Waals surface area (Å²) in [6.07, 6.45) is 1.70. The summed E-state index contributed by atoms with van der Waals surface area (Å²) in [7, 11) is 3.43. The lowest BCUT2D eigenvalue weighted by Crippen LogP contribution is -2.47. The second-order valence-electron chi connectivity index (χ2n) is 6.97. The molecule has 0 radical (unpaired) electrons. The van der Waals surface area contributed by atoms with Crippen LogP contribution in [0, 0.1) is 12.8 Å². The van der Waals surface area contributed by atoms with Gasteiger partial charge in [0.05, 0.1) is 7.11 Å². The van der Waals surface area contributed by atoms with Gasteiger partial charge in [0, 0.05) is 29.0 Å². The van der Waals surface area contributed by atoms with Crippen molar-refractivity contribution in [2.24, 2.45) is 13.0 Å². The van der Waals surface area contributed by atoms with Gasteiger partial charge in [-0.2, -0.15) is 0 Å². The molecule has 3 aromatic rings. The highest BCUT2D eigenvalue weighted by atomic mass is 32.1. The molecule has 0 aliphatic rings. The van der Waals surface area contributed by atoms with Gasteiger partial charge in [0.2, 0.25) is 5.91 Å². The van der Waals surface area contributed by atoms with Gasteiger partial charge in [-0.05, 0) is 37.1 Å². The third-order valence-corrected chi connectivity index (χ3v) is 5.40. The first-order valence-corrected chi connectivity index (χ1v) is 9.79. The van der Waals surface area contributed by atoms with E-state index in [1.165, 1.54) is 11.3 Å². The molecule has 1 aromatic carbocycles. The van der Waals surface area contributed by atoms with E-state index >= 15 is 0 Å². The summed E-state index contributed by atoms with van der Waals surface area (Å²) in [6.45, 7) is 5.71. The van der Waals surface area contributed by atoms with Crippen LogP contribution in [0.3, 0.4) is 0 Å². The SMILES string of the molecule is COc1ccc2c(c1)cc(C(=O)NC(C(=O)Nc1ncc(C)s1)C(C)C)n2C. The van der Waals surface area contributed by atoms with Crippen LogP contribution in [-0.4, -0.2) is 34.5 Å². The Balaban J connectivity index is 1.81. The Morgan fingerprint density at radius 1 is 1.25 bits per heavy atom. The van der Waals surface area contributed by atoms with Crippen LogP contribution in [-0.2, 0) is 11.8 Å². The monoisotopic (exact) mass is 400 g/mol. The van der Waals surface area contributed by atoms with Crippen LogP contribution in [0.4, 0.5) is 5.13 Å². The molecule has 8 heteroatoms. The number of carbonyl (C=O) groups is 2. The molecule has 7 nitrogen and oxygen atoms in total. The number of fused-ring (bicyclic) bond motifs is 1. The Morgan fingerprint density at radius 2 is 2.00 bits per heavy atom. The fraction of sp³-hybridized carbons (Fsp3) is 0.350. The summed E-state index contributed by atoms with van der Waals surface area (Å²) < 4.78 is 7.06. The molecular formula is C20H24N4O3S. The van der Waals surface area contributed by atoms with E-state index in [1.54, 1.807) is 19.4 Å². The van der Waals surface area contributed by atoms with Crippen molar-refractivity contribution in [2.45, 2.75) is 26.8 Å². The van der Waals surface area contributed by atoms with Gasteiger partial charge in [-0.3, -0.25) is 9.59 Å². The molecule has 2 heterocycles. The Hall–Kier alpha value is -2.87. The number of thiazole rings is 1. The summed E-state index contributed by atoms with van der Waals surface area (Å²) in [5.74, 6) is 0.0583. The average molecular weight is 401 g/mol. The number of nitrogens with zero attached hydrogens (tertiary/aromatic N) is 2. The van der Waals surface area contributed by atoms with Crippen molar-refractivity contribution in [3.63, 3.8) is 0 Å². The smallest absolute Gasteiger partial charge is 0.268 e. The van der Waals surface area contributed by atoms with Gasteiger partial charge in [-0.15, -0.1) is 11.3 Å². The molecule has 1 unspecified atom stereocenters. The van der Waals surface area contributed by atoms with Gasteiger partial charge in [0.25, 0.3) is 5.91 Å². The van der Waals surface area contributed by atoms with E-state index in [0.29, 0.717) is 10.8 Å². The molecule has 0 fully saturated rings. The van der Waals surface area contributed by atoms with Crippen LogP contribution >= 0.6 is 11.3 Å². The van der Waals surface area contributed by atoms with Crippen molar-refractivity contribution in [1.82, 2.24) is 14.9 Å². The molecule has 0 saturated carbocycles. The van der Waals surface area contributed by atoms with E-state index in [0.717, 1.165) is 21.5 Å². The zero-order chi connectivity index (χ0) is 20.4. The highest BCUT2D eigenvalue weighted by Gasteiger charge is 2.26. The molecular weight excluding hydrogens is 376 g/mol. The topological polar surface area (TPSA) is 85.2 Å². The van der Waals surface area contributed by atoms with Crippen molar-refractivity contribution >= 4 is 39.2 Å². The first kappa shape index (κ1) is 19.9. The number of anilines is 1. The molecule has 28 heavy (non-hydrogen) atoms. The molecule has 2 aromatic heterocycles. The fourth-order valence-electron chi connectivity index (χ4n) is 3.02. The number of carbonyl (C=O) groups excluding carboxylic acids is 2. The second kappa shape index (κ2) is 8.02. The first-order chi connectivity index (χ1) is 13.3. The number of methoxy groups -OCH3 is 1. The number of benzene rings is 1. The maximum Gasteiger partial charge on any atom is 0.268 e. The van der Waals surface area contributed by atoms with E-state index in [-0.39, 0.29) is 17.7 Å². The normalized spacial score (nSPS) is 12.2. The second-order valence-corrected chi connectivity index (χ2v) is 8.21. The number of hydrogen-bond acceptors (Lipinski definition) is 5. The van der Waals surface area contributed by atoms with E-state index < -0.39 is 6.04 Å². The number of hydrogen-bond donors (Lipinski definition) is 2. The van der Waals surface area contributed by atoms with Crippen LogP contribution < -0.4 is 15.4 Å². The molecule has 1 atom stereocenters. The molecule has 3 rings (SSSR count). The van der Waals surface area contributed by atoms with Crippen molar-refractivity contribution < 1.29 is 14.3 Å². The van der Waals surface area contributed by atoms with Crippen LogP contribution in [0.5, 0.6) is 5.75 Å². The summed E-state index contributed by atoms with van der Waals surface area (Å²) in [5.41, 5.74) is 1.39. The minimum Gasteiger partial charge on any atom is -0.497 e. The summed E-state index contributed by atoms with van der Waals surface area (Å²) >= 11 is 1.40. The minimum absolute atomic E-state index is 0.0835. The largest absolute Gasteiger partial charge is 0.497 e. The van der Waals surface area contributed by atoms with Gasteiger partial charge in [0.15, 0.2) is 5.13 Å². The zero-order valence-corrected chi connectivity index (χ0v) is 17.4. The summed E-state index contributed by atoms with van der Waals surface area (Å²) in [4.78, 5) is 30.8. The third kappa shape index (κ3) is 4.01. The number of nitrogens with one attached hydrogen (secondary N) is 2. The van der Waals surface area contributed by atoms with Crippen LogP contribution in [0.15, 0.2) is 30.5 Å². The molecule has 148 valence electrons. The molecule has 2 N–H and O–H groups in total. The molecule has 2 amide bonds. The molecule has 0 bridgehead atoms. The highest BCUT2D eigenvalue weighted by molar-refractivity contribution is 7.15. The fourth-order valence-corrected chi connectivity index (χ4v) is 3.69. The van der Waals surface area contributed by atoms with Crippen LogP contribution in [0.1, 0.15) is 29.2 Å². The number of aromatic nitrogens is 2. The van der Waals surface area contributed by atoms with Crippen molar-refractivity contribution in [2.75, 3.05) is 12.4 Å². The number of rotatable bonds is 6. The third-order valence-electron chi connectivity index (χ3n) is 4.57. The Kier molecular flexibility index (Phi) is 5.69. The summed E-state index contributed by atoms with van der Waals surface area (Å²) in [5, 5.41) is 7.08. The van der Waals surface area contributed by atoms with E-state index in [4.69, 9.17) is 4.74 Å². The number of amides is 2.